The van der Waals surface area contributed by atoms with E-state index in [1.807, 2.05) is 19.9 Å². The maximum atomic E-state index is 11.7. The minimum absolute atomic E-state index is 0.104. The highest BCUT2D eigenvalue weighted by molar-refractivity contribution is 7.84. The number of nitrogen functional groups attached to an aromatic ring is 1. The van der Waals surface area contributed by atoms with Crippen molar-refractivity contribution in [2.45, 2.75) is 24.9 Å². The van der Waals surface area contributed by atoms with Crippen molar-refractivity contribution < 1.29 is 8.63 Å². The second-order valence-electron chi connectivity index (χ2n) is 3.88. The van der Waals surface area contributed by atoms with Crippen molar-refractivity contribution in [3.8, 4) is 0 Å². The zero-order valence-electron chi connectivity index (χ0n) is 9.27. The quantitative estimate of drug-likeness (QED) is 0.831. The minimum atomic E-state index is -0.953. The van der Waals surface area contributed by atoms with E-state index in [9.17, 15) is 4.21 Å². The summed E-state index contributed by atoms with van der Waals surface area (Å²) in [6.07, 6.45) is 0. The molecule has 1 unspecified atom stereocenters. The van der Waals surface area contributed by atoms with E-state index in [4.69, 9.17) is 10.2 Å². The zero-order chi connectivity index (χ0) is 11.7. The van der Waals surface area contributed by atoms with Gasteiger partial charge in [0.05, 0.1) is 5.69 Å². The largest absolute Gasteiger partial charge is 0.440 e. The molecule has 0 amide bonds. The summed E-state index contributed by atoms with van der Waals surface area (Å²) in [6, 6.07) is 5.39. The van der Waals surface area contributed by atoms with Crippen molar-refractivity contribution in [3.63, 3.8) is 0 Å². The summed E-state index contributed by atoms with van der Waals surface area (Å²) in [7, 11) is -0.953. The standard InChI is InChI=1S/C11H14N2O2S/c1-7(2)16(14)6-10-13-11-8(12)4-3-5-9(11)15-10/h3-5,7H,6,12H2,1-2H3. The third kappa shape index (κ3) is 2.09. The number of nitrogens with two attached hydrogens (primary N) is 1. The Labute approximate surface area is 96.3 Å². The van der Waals surface area contributed by atoms with Gasteiger partial charge in [-0.2, -0.15) is 0 Å². The molecule has 4 nitrogen and oxygen atoms in total. The molecule has 2 N–H and O–H groups in total. The van der Waals surface area contributed by atoms with Crippen molar-refractivity contribution in [2.75, 3.05) is 5.73 Å². The number of benzene rings is 1. The van der Waals surface area contributed by atoms with E-state index in [-0.39, 0.29) is 5.25 Å². The number of nitrogens with zero attached hydrogens (tertiary/aromatic N) is 1. The van der Waals surface area contributed by atoms with E-state index in [0.717, 1.165) is 0 Å². The van der Waals surface area contributed by atoms with Crippen LogP contribution >= 0.6 is 0 Å². The summed E-state index contributed by atoms with van der Waals surface area (Å²) >= 11 is 0. The van der Waals surface area contributed by atoms with Crippen molar-refractivity contribution in [2.24, 2.45) is 0 Å². The van der Waals surface area contributed by atoms with Gasteiger partial charge in [0.2, 0.25) is 5.89 Å². The Bertz CT molecular complexity index is 534. The van der Waals surface area contributed by atoms with Gasteiger partial charge < -0.3 is 10.2 Å². The number of hydrogen-bond acceptors (Lipinski definition) is 4. The topological polar surface area (TPSA) is 69.1 Å². The number of anilines is 1. The molecule has 2 aromatic rings. The lowest BCUT2D eigenvalue weighted by Crippen LogP contribution is -2.07. The molecule has 0 bridgehead atoms. The van der Waals surface area contributed by atoms with E-state index in [2.05, 4.69) is 4.98 Å². The molecule has 5 heteroatoms. The summed E-state index contributed by atoms with van der Waals surface area (Å²) in [5.74, 6) is 0.825. The fourth-order valence-electron chi connectivity index (χ4n) is 1.37. The zero-order valence-corrected chi connectivity index (χ0v) is 10.1. The van der Waals surface area contributed by atoms with Gasteiger partial charge in [0.15, 0.2) is 5.58 Å². The van der Waals surface area contributed by atoms with Crippen LogP contribution in [0.3, 0.4) is 0 Å². The smallest absolute Gasteiger partial charge is 0.208 e. The highest BCUT2D eigenvalue weighted by Gasteiger charge is 2.13. The molecule has 0 spiro atoms. The SMILES string of the molecule is CC(C)S(=O)Cc1nc2c(N)cccc2o1. The predicted molar refractivity (Wildman–Crippen MR) is 65.4 cm³/mol. The molecule has 86 valence electrons. The normalized spacial score (nSPS) is 13.4. The molecule has 0 fully saturated rings. The van der Waals surface area contributed by atoms with Crippen molar-refractivity contribution in [1.29, 1.82) is 0 Å². The average Bonchev–Trinajstić information content (AvgIpc) is 2.61. The van der Waals surface area contributed by atoms with Crippen molar-refractivity contribution in [3.05, 3.63) is 24.1 Å². The molecule has 1 atom stereocenters. The fourth-order valence-corrected chi connectivity index (χ4v) is 2.07. The molecular formula is C11H14N2O2S. The molecule has 0 aliphatic carbocycles. The van der Waals surface area contributed by atoms with E-state index < -0.39 is 10.8 Å². The Morgan fingerprint density at radius 3 is 2.88 bits per heavy atom. The van der Waals surface area contributed by atoms with Gasteiger partial charge in [-0.25, -0.2) is 4.98 Å². The van der Waals surface area contributed by atoms with Crippen LogP contribution in [-0.4, -0.2) is 14.4 Å². The van der Waals surface area contributed by atoms with Gasteiger partial charge in [-0.3, -0.25) is 4.21 Å². The predicted octanol–water partition coefficient (Wildman–Crippen LogP) is 2.07. The Morgan fingerprint density at radius 2 is 2.25 bits per heavy atom. The number of aromatic nitrogens is 1. The molecule has 0 radical (unpaired) electrons. The van der Waals surface area contributed by atoms with Crippen LogP contribution in [0, 0.1) is 0 Å². The molecule has 1 aromatic heterocycles. The number of hydrogen-bond donors (Lipinski definition) is 1. The van der Waals surface area contributed by atoms with Crippen LogP contribution < -0.4 is 5.73 Å². The lowest BCUT2D eigenvalue weighted by molar-refractivity contribution is 0.551. The first kappa shape index (κ1) is 11.1. The lowest BCUT2D eigenvalue weighted by atomic mass is 10.3. The Kier molecular flexibility index (Phi) is 2.96. The van der Waals surface area contributed by atoms with Crippen LogP contribution in [-0.2, 0) is 16.6 Å². The molecule has 1 aromatic carbocycles. The first-order valence-corrected chi connectivity index (χ1v) is 6.47. The van der Waals surface area contributed by atoms with Gasteiger partial charge in [-0.1, -0.05) is 19.9 Å². The Hall–Kier alpha value is -1.36. The van der Waals surface area contributed by atoms with Crippen LogP contribution in [0.2, 0.25) is 0 Å². The average molecular weight is 238 g/mol. The number of para-hydroxylation sites is 1. The van der Waals surface area contributed by atoms with Crippen LogP contribution in [0.1, 0.15) is 19.7 Å². The highest BCUT2D eigenvalue weighted by atomic mass is 32.2. The van der Waals surface area contributed by atoms with Gasteiger partial charge in [0, 0.05) is 16.0 Å². The Balaban J connectivity index is 2.33. The second kappa shape index (κ2) is 4.25. The van der Waals surface area contributed by atoms with Crippen molar-refractivity contribution in [1.82, 2.24) is 4.98 Å². The Morgan fingerprint density at radius 1 is 1.50 bits per heavy atom. The van der Waals surface area contributed by atoms with Crippen LogP contribution in [0.15, 0.2) is 22.6 Å². The summed E-state index contributed by atoms with van der Waals surface area (Å²) < 4.78 is 17.1. The van der Waals surface area contributed by atoms with Crippen LogP contribution in [0.4, 0.5) is 5.69 Å². The summed E-state index contributed by atoms with van der Waals surface area (Å²) in [5, 5.41) is 0.104. The van der Waals surface area contributed by atoms with E-state index in [1.54, 1.807) is 12.1 Å². The molecule has 1 heterocycles. The number of rotatable bonds is 3. The third-order valence-corrected chi connectivity index (χ3v) is 3.87. The van der Waals surface area contributed by atoms with E-state index in [1.165, 1.54) is 0 Å². The number of fused-ring (bicyclic) bond motifs is 1. The first-order valence-electron chi connectivity index (χ1n) is 5.09. The van der Waals surface area contributed by atoms with Crippen molar-refractivity contribution >= 4 is 27.6 Å². The van der Waals surface area contributed by atoms with Gasteiger partial charge in [0.1, 0.15) is 11.3 Å². The molecule has 0 aliphatic rings. The first-order chi connectivity index (χ1) is 7.58. The van der Waals surface area contributed by atoms with E-state index in [0.29, 0.717) is 28.4 Å². The molecule has 16 heavy (non-hydrogen) atoms. The third-order valence-electron chi connectivity index (χ3n) is 2.29. The molecule has 0 saturated carbocycles. The van der Waals surface area contributed by atoms with Crippen LogP contribution in [0.5, 0.6) is 0 Å². The van der Waals surface area contributed by atoms with Gasteiger partial charge in [0.25, 0.3) is 0 Å². The highest BCUT2D eigenvalue weighted by Crippen LogP contribution is 2.22. The summed E-state index contributed by atoms with van der Waals surface area (Å²) in [6.45, 7) is 3.82. The maximum absolute atomic E-state index is 11.7. The summed E-state index contributed by atoms with van der Waals surface area (Å²) in [5.41, 5.74) is 7.65. The minimum Gasteiger partial charge on any atom is -0.440 e. The van der Waals surface area contributed by atoms with Crippen LogP contribution in [0.25, 0.3) is 11.1 Å². The summed E-state index contributed by atoms with van der Waals surface area (Å²) in [4.78, 5) is 4.25. The van der Waals surface area contributed by atoms with Gasteiger partial charge >= 0.3 is 0 Å². The monoisotopic (exact) mass is 238 g/mol. The maximum Gasteiger partial charge on any atom is 0.208 e. The number of oxazole rings is 1. The lowest BCUT2D eigenvalue weighted by Gasteiger charge is -2.00. The second-order valence-corrected chi connectivity index (χ2v) is 5.87. The molecule has 0 saturated heterocycles. The van der Waals surface area contributed by atoms with E-state index >= 15 is 0 Å². The van der Waals surface area contributed by atoms with Gasteiger partial charge in [-0.15, -0.1) is 0 Å². The fraction of sp³-hybridized carbons (Fsp3) is 0.364. The molecular weight excluding hydrogens is 224 g/mol. The molecule has 2 rings (SSSR count). The molecule has 0 aliphatic heterocycles. The van der Waals surface area contributed by atoms with Gasteiger partial charge in [-0.05, 0) is 12.1 Å².